The first kappa shape index (κ1) is 27.6. The molecule has 1 aliphatic carbocycles. The monoisotopic (exact) mass is 608 g/mol. The lowest BCUT2D eigenvalue weighted by molar-refractivity contribution is 0.201. The Morgan fingerprint density at radius 3 is 2.41 bits per heavy atom. The average Bonchev–Trinajstić information content (AvgIpc) is 2.91. The van der Waals surface area contributed by atoms with Crippen molar-refractivity contribution in [1.29, 1.82) is 0 Å². The van der Waals surface area contributed by atoms with Crippen molar-refractivity contribution in [3.05, 3.63) is 47.5 Å². The van der Waals surface area contributed by atoms with Crippen molar-refractivity contribution >= 4 is 43.7 Å². The molecule has 10 nitrogen and oxygen atoms in total. The van der Waals surface area contributed by atoms with Crippen molar-refractivity contribution in [2.45, 2.75) is 37.0 Å². The molecule has 0 aliphatic heterocycles. The van der Waals surface area contributed by atoms with Crippen LogP contribution in [0, 0.1) is 5.92 Å². The highest BCUT2D eigenvalue weighted by molar-refractivity contribution is 9.10. The van der Waals surface area contributed by atoms with Crippen molar-refractivity contribution in [3.63, 3.8) is 0 Å². The van der Waals surface area contributed by atoms with E-state index in [2.05, 4.69) is 45.3 Å². The second kappa shape index (κ2) is 13.4. The number of hydrogen-bond donors (Lipinski definition) is 2. The van der Waals surface area contributed by atoms with E-state index in [-0.39, 0.29) is 30.9 Å². The zero-order chi connectivity index (χ0) is 26.1. The first-order valence-corrected chi connectivity index (χ1v) is 15.4. The standard InChI is InChI=1S/C24H29BrN6O4S2/c1-36-20-14-26-24(27-15-20)35-12-11-34-23-21(18-7-9-19(25)10-8-18)22(28-16-29-23)31-37(32,33)30-13-17-5-3-2-4-6-17/h7-10,14-17,30H,2-6,11-13H2,1H3,(H,28,29,31). The van der Waals surface area contributed by atoms with Gasteiger partial charge in [0.15, 0.2) is 5.82 Å². The summed E-state index contributed by atoms with van der Waals surface area (Å²) >= 11 is 4.97. The Kier molecular flexibility index (Phi) is 9.95. The lowest BCUT2D eigenvalue weighted by Gasteiger charge is -2.22. The van der Waals surface area contributed by atoms with Gasteiger partial charge in [0.2, 0.25) is 5.88 Å². The summed E-state index contributed by atoms with van der Waals surface area (Å²) in [5.41, 5.74) is 1.12. The van der Waals surface area contributed by atoms with E-state index in [1.807, 2.05) is 30.5 Å². The highest BCUT2D eigenvalue weighted by atomic mass is 79.9. The molecule has 0 spiro atoms. The molecule has 1 saturated carbocycles. The molecular formula is C24H29BrN6O4S2. The number of ether oxygens (including phenoxy) is 2. The Morgan fingerprint density at radius 1 is 1.00 bits per heavy atom. The van der Waals surface area contributed by atoms with Gasteiger partial charge in [-0.05, 0) is 42.7 Å². The highest BCUT2D eigenvalue weighted by Gasteiger charge is 2.22. The second-order valence-corrected chi connectivity index (χ2v) is 11.8. The summed E-state index contributed by atoms with van der Waals surface area (Å²) in [7, 11) is -3.85. The van der Waals surface area contributed by atoms with Crippen LogP contribution in [0.25, 0.3) is 11.1 Å². The number of rotatable bonds is 12. The molecule has 2 aromatic heterocycles. The average molecular weight is 610 g/mol. The molecule has 198 valence electrons. The van der Waals surface area contributed by atoms with Crippen LogP contribution in [0.4, 0.5) is 5.82 Å². The van der Waals surface area contributed by atoms with Crippen LogP contribution in [0.3, 0.4) is 0 Å². The molecule has 0 saturated heterocycles. The van der Waals surface area contributed by atoms with Crippen LogP contribution < -0.4 is 18.9 Å². The minimum absolute atomic E-state index is 0.125. The predicted molar refractivity (Wildman–Crippen MR) is 147 cm³/mol. The third-order valence-electron chi connectivity index (χ3n) is 5.86. The van der Waals surface area contributed by atoms with Crippen LogP contribution in [0.2, 0.25) is 0 Å². The van der Waals surface area contributed by atoms with Crippen molar-refractivity contribution in [1.82, 2.24) is 24.7 Å². The minimum Gasteiger partial charge on any atom is -0.473 e. The van der Waals surface area contributed by atoms with E-state index in [1.165, 1.54) is 12.7 Å². The number of aromatic nitrogens is 4. The van der Waals surface area contributed by atoms with Gasteiger partial charge in [0.05, 0.1) is 5.56 Å². The maximum atomic E-state index is 12.9. The van der Waals surface area contributed by atoms with E-state index in [1.54, 1.807) is 24.2 Å². The molecule has 0 bridgehead atoms. The quantitative estimate of drug-likeness (QED) is 0.222. The Hall–Kier alpha value is -2.48. The summed E-state index contributed by atoms with van der Waals surface area (Å²) in [5.74, 6) is 0.700. The number of benzene rings is 1. The predicted octanol–water partition coefficient (Wildman–Crippen LogP) is 4.70. The van der Waals surface area contributed by atoms with Gasteiger partial charge in [-0.25, -0.2) is 19.9 Å². The van der Waals surface area contributed by atoms with E-state index >= 15 is 0 Å². The van der Waals surface area contributed by atoms with E-state index in [0.717, 1.165) is 35.1 Å². The van der Waals surface area contributed by atoms with Crippen molar-refractivity contribution in [2.24, 2.45) is 5.92 Å². The lowest BCUT2D eigenvalue weighted by atomic mass is 9.90. The summed E-state index contributed by atoms with van der Waals surface area (Å²) in [6.45, 7) is 0.710. The molecule has 37 heavy (non-hydrogen) atoms. The van der Waals surface area contributed by atoms with Gasteiger partial charge in [-0.2, -0.15) is 13.1 Å². The molecule has 2 heterocycles. The summed E-state index contributed by atoms with van der Waals surface area (Å²) in [5, 5.41) is 0. The van der Waals surface area contributed by atoms with Gasteiger partial charge in [0.25, 0.3) is 10.2 Å². The fourth-order valence-corrected chi connectivity index (χ4v) is 5.49. The first-order valence-electron chi connectivity index (χ1n) is 11.9. The molecule has 0 atom stereocenters. The fourth-order valence-electron chi connectivity index (χ4n) is 3.97. The van der Waals surface area contributed by atoms with E-state index in [9.17, 15) is 8.42 Å². The van der Waals surface area contributed by atoms with Gasteiger partial charge in [-0.1, -0.05) is 47.3 Å². The third-order valence-corrected chi connectivity index (χ3v) is 8.08. The topological polar surface area (TPSA) is 128 Å². The zero-order valence-electron chi connectivity index (χ0n) is 20.4. The van der Waals surface area contributed by atoms with Crippen LogP contribution in [-0.4, -0.2) is 54.4 Å². The Morgan fingerprint density at radius 2 is 1.70 bits per heavy atom. The molecule has 1 fully saturated rings. The fraction of sp³-hybridized carbons (Fsp3) is 0.417. The molecule has 13 heteroatoms. The van der Waals surface area contributed by atoms with Gasteiger partial charge in [-0.15, -0.1) is 11.8 Å². The SMILES string of the molecule is CSc1cnc(OCCOc2ncnc(NS(=O)(=O)NCC3CCCCC3)c2-c2ccc(Br)cc2)nc1. The van der Waals surface area contributed by atoms with Gasteiger partial charge >= 0.3 is 6.01 Å². The van der Waals surface area contributed by atoms with Crippen molar-refractivity contribution in [2.75, 3.05) is 30.7 Å². The molecule has 0 radical (unpaired) electrons. The highest BCUT2D eigenvalue weighted by Crippen LogP contribution is 2.35. The normalized spacial score (nSPS) is 14.3. The Balaban J connectivity index is 1.47. The van der Waals surface area contributed by atoms with E-state index in [4.69, 9.17) is 9.47 Å². The van der Waals surface area contributed by atoms with Crippen molar-refractivity contribution in [3.8, 4) is 23.0 Å². The van der Waals surface area contributed by atoms with Crippen LogP contribution in [-0.2, 0) is 10.2 Å². The number of thioether (sulfide) groups is 1. The summed E-state index contributed by atoms with van der Waals surface area (Å²) in [6.07, 6.45) is 12.1. The largest absolute Gasteiger partial charge is 0.473 e. The summed E-state index contributed by atoms with van der Waals surface area (Å²) < 4.78 is 43.4. The lowest BCUT2D eigenvalue weighted by Crippen LogP contribution is -2.35. The molecule has 1 aliphatic rings. The molecule has 1 aromatic carbocycles. The molecular weight excluding hydrogens is 580 g/mol. The van der Waals surface area contributed by atoms with Crippen LogP contribution in [0.15, 0.2) is 52.4 Å². The molecule has 2 N–H and O–H groups in total. The minimum atomic E-state index is -3.85. The molecule has 3 aromatic rings. The van der Waals surface area contributed by atoms with Gasteiger partial charge in [0.1, 0.15) is 19.5 Å². The number of hydrogen-bond acceptors (Lipinski definition) is 9. The van der Waals surface area contributed by atoms with Crippen LogP contribution in [0.1, 0.15) is 32.1 Å². The number of halogens is 1. The van der Waals surface area contributed by atoms with E-state index in [0.29, 0.717) is 23.6 Å². The second-order valence-electron chi connectivity index (χ2n) is 8.47. The zero-order valence-corrected chi connectivity index (χ0v) is 23.6. The molecule has 0 amide bonds. The summed E-state index contributed by atoms with van der Waals surface area (Å²) in [6, 6.07) is 7.62. The Bertz CT molecular complexity index is 1260. The number of anilines is 1. The van der Waals surface area contributed by atoms with Crippen molar-refractivity contribution < 1.29 is 17.9 Å². The smallest absolute Gasteiger partial charge is 0.316 e. The molecule has 0 unspecified atom stereocenters. The first-order chi connectivity index (χ1) is 17.9. The maximum absolute atomic E-state index is 12.9. The van der Waals surface area contributed by atoms with Gasteiger partial charge in [-0.3, -0.25) is 4.72 Å². The van der Waals surface area contributed by atoms with Crippen LogP contribution in [0.5, 0.6) is 11.9 Å². The third kappa shape index (κ3) is 8.25. The Labute approximate surface area is 229 Å². The van der Waals surface area contributed by atoms with Gasteiger partial charge < -0.3 is 9.47 Å². The molecule has 4 rings (SSSR count). The van der Waals surface area contributed by atoms with Gasteiger partial charge in [0, 0.05) is 28.3 Å². The maximum Gasteiger partial charge on any atom is 0.316 e. The number of nitrogens with zero attached hydrogens (tertiary/aromatic N) is 4. The van der Waals surface area contributed by atoms with E-state index < -0.39 is 10.2 Å². The number of nitrogens with one attached hydrogen (secondary N) is 2. The summed E-state index contributed by atoms with van der Waals surface area (Å²) in [4.78, 5) is 17.7. The van der Waals surface area contributed by atoms with Crippen LogP contribution >= 0.6 is 27.7 Å².